The van der Waals surface area contributed by atoms with Crippen LogP contribution in [0.25, 0.3) is 10.4 Å². The molecule has 0 radical (unpaired) electrons. The molecule has 2 aromatic rings. The Morgan fingerprint density at radius 2 is 2.10 bits per heavy atom. The fourth-order valence-electron chi connectivity index (χ4n) is 3.41. The average Bonchev–Trinajstić information content (AvgIpc) is 3.22. The van der Waals surface area contributed by atoms with Crippen molar-refractivity contribution in [3.05, 3.63) is 36.5 Å². The van der Waals surface area contributed by atoms with Crippen LogP contribution in [-0.4, -0.2) is 35.6 Å². The molecule has 2 atom stereocenters. The molecule has 2 aliphatic heterocycles. The third-order valence-electron chi connectivity index (χ3n) is 4.49. The quantitative estimate of drug-likeness (QED) is 0.799. The predicted octanol–water partition coefficient (Wildman–Crippen LogP) is 2.80. The van der Waals surface area contributed by atoms with Crippen LogP contribution < -0.4 is 4.90 Å². The first-order valence-corrected chi connectivity index (χ1v) is 8.09. The highest BCUT2D eigenvalue weighted by Gasteiger charge is 2.42. The summed E-state index contributed by atoms with van der Waals surface area (Å²) in [6, 6.07) is 10.9. The molecule has 0 spiro atoms. The van der Waals surface area contributed by atoms with Crippen molar-refractivity contribution in [1.82, 2.24) is 9.88 Å². The predicted molar refractivity (Wildman–Crippen MR) is 84.0 cm³/mol. The van der Waals surface area contributed by atoms with Crippen molar-refractivity contribution in [3.63, 3.8) is 0 Å². The van der Waals surface area contributed by atoms with Gasteiger partial charge in [0, 0.05) is 31.7 Å². The minimum Gasteiger partial charge on any atom is -0.343 e. The normalized spacial score (nSPS) is 24.1. The van der Waals surface area contributed by atoms with Gasteiger partial charge in [-0.15, -0.1) is 0 Å². The van der Waals surface area contributed by atoms with Crippen LogP contribution in [0.2, 0.25) is 0 Å². The second-order valence-corrected chi connectivity index (χ2v) is 6.70. The van der Waals surface area contributed by atoms with Gasteiger partial charge in [0.1, 0.15) is 0 Å². The van der Waals surface area contributed by atoms with Gasteiger partial charge in [-0.1, -0.05) is 41.7 Å². The second kappa shape index (κ2) is 5.05. The van der Waals surface area contributed by atoms with E-state index in [4.69, 9.17) is 5.26 Å². The van der Waals surface area contributed by atoms with Crippen molar-refractivity contribution in [1.29, 1.82) is 5.26 Å². The van der Waals surface area contributed by atoms with Gasteiger partial charge in [-0.2, -0.15) is 5.26 Å². The molecule has 0 N–H and O–H groups in total. The molecule has 4 nitrogen and oxygen atoms in total. The molecular weight excluding hydrogens is 280 g/mol. The maximum absolute atomic E-state index is 9.08. The molecule has 1 aromatic carbocycles. The van der Waals surface area contributed by atoms with Gasteiger partial charge in [0.15, 0.2) is 11.3 Å². The highest BCUT2D eigenvalue weighted by Crippen LogP contribution is 2.38. The van der Waals surface area contributed by atoms with Crippen LogP contribution in [-0.2, 0) is 0 Å². The van der Waals surface area contributed by atoms with Gasteiger partial charge < -0.3 is 9.80 Å². The number of aromatic nitrogens is 1. The van der Waals surface area contributed by atoms with Crippen LogP contribution >= 0.6 is 11.3 Å². The Bertz CT molecular complexity index is 675. The van der Waals surface area contributed by atoms with Gasteiger partial charge >= 0.3 is 0 Å². The Hall–Kier alpha value is -2.06. The molecule has 2 saturated heterocycles. The van der Waals surface area contributed by atoms with Crippen molar-refractivity contribution in [2.24, 2.45) is 5.92 Å². The fraction of sp³-hybridized carbons (Fsp3) is 0.375. The van der Waals surface area contributed by atoms with Crippen LogP contribution in [0.3, 0.4) is 0 Å². The third kappa shape index (κ3) is 2.16. The highest BCUT2D eigenvalue weighted by molar-refractivity contribution is 7.18. The lowest BCUT2D eigenvalue weighted by Crippen LogP contribution is -2.34. The van der Waals surface area contributed by atoms with Gasteiger partial charge in [-0.05, 0) is 12.0 Å². The zero-order valence-corrected chi connectivity index (χ0v) is 12.5. The van der Waals surface area contributed by atoms with Crippen LogP contribution in [0.15, 0.2) is 36.5 Å². The number of nitriles is 1. The van der Waals surface area contributed by atoms with Crippen molar-refractivity contribution < 1.29 is 0 Å². The SMILES string of the molecule is N#CN1C[C@H]2CCN(c3ncc(-c4ccccc4)s3)[C@H]2C1. The number of nitrogens with zero attached hydrogens (tertiary/aromatic N) is 4. The largest absolute Gasteiger partial charge is 0.343 e. The molecule has 0 saturated carbocycles. The lowest BCUT2D eigenvalue weighted by molar-refractivity contribution is 0.446. The van der Waals surface area contributed by atoms with E-state index in [2.05, 4.69) is 40.3 Å². The lowest BCUT2D eigenvalue weighted by atomic mass is 10.1. The molecule has 2 aliphatic rings. The number of hydrogen-bond donors (Lipinski definition) is 0. The maximum atomic E-state index is 9.08. The summed E-state index contributed by atoms with van der Waals surface area (Å²) in [5, 5.41) is 10.2. The first-order chi connectivity index (χ1) is 10.3. The Labute approximate surface area is 128 Å². The van der Waals surface area contributed by atoms with E-state index in [1.54, 1.807) is 11.3 Å². The zero-order valence-electron chi connectivity index (χ0n) is 11.6. The zero-order chi connectivity index (χ0) is 14.2. The third-order valence-corrected chi connectivity index (χ3v) is 5.57. The summed E-state index contributed by atoms with van der Waals surface area (Å²) in [5.41, 5.74) is 1.22. The summed E-state index contributed by atoms with van der Waals surface area (Å²) < 4.78 is 0. The van der Waals surface area contributed by atoms with Crippen LogP contribution in [0, 0.1) is 17.4 Å². The minimum absolute atomic E-state index is 0.458. The number of likely N-dealkylation sites (tertiary alicyclic amines) is 1. The van der Waals surface area contributed by atoms with Crippen LogP contribution in [0.4, 0.5) is 5.13 Å². The van der Waals surface area contributed by atoms with E-state index in [1.165, 1.54) is 16.9 Å². The maximum Gasteiger partial charge on any atom is 0.186 e. The Kier molecular flexibility index (Phi) is 3.04. The average molecular weight is 296 g/mol. The summed E-state index contributed by atoms with van der Waals surface area (Å²) in [5.74, 6) is 0.619. The monoisotopic (exact) mass is 296 g/mol. The fourth-order valence-corrected chi connectivity index (χ4v) is 4.42. The molecule has 21 heavy (non-hydrogen) atoms. The highest BCUT2D eigenvalue weighted by atomic mass is 32.1. The van der Waals surface area contributed by atoms with Gasteiger partial charge in [0.2, 0.25) is 0 Å². The van der Waals surface area contributed by atoms with E-state index < -0.39 is 0 Å². The molecule has 2 fully saturated rings. The lowest BCUT2D eigenvalue weighted by Gasteiger charge is -2.22. The molecule has 4 rings (SSSR count). The number of fused-ring (bicyclic) bond motifs is 1. The number of thiazole rings is 1. The standard InChI is InChI=1S/C16H16N4S/c17-11-19-9-13-6-7-20(14(13)10-19)16-18-8-15(21-16)12-4-2-1-3-5-12/h1-5,8,13-14H,6-7,9-10H2/t13-,14+/m1/s1. The second-order valence-electron chi connectivity index (χ2n) is 5.69. The Morgan fingerprint density at radius 1 is 1.24 bits per heavy atom. The van der Waals surface area contributed by atoms with Crippen molar-refractivity contribution in [3.8, 4) is 16.6 Å². The van der Waals surface area contributed by atoms with Gasteiger partial charge in [0.05, 0.1) is 10.9 Å². The van der Waals surface area contributed by atoms with E-state index in [9.17, 15) is 0 Å². The molecule has 1 aromatic heterocycles. The molecular formula is C16H16N4S. The summed E-state index contributed by atoms with van der Waals surface area (Å²) in [6.07, 6.45) is 5.43. The molecule has 106 valence electrons. The summed E-state index contributed by atoms with van der Waals surface area (Å²) >= 11 is 1.75. The number of hydrogen-bond acceptors (Lipinski definition) is 5. The van der Waals surface area contributed by atoms with Gasteiger partial charge in [-0.3, -0.25) is 0 Å². The summed E-state index contributed by atoms with van der Waals surface area (Å²) in [4.78, 5) is 10.1. The van der Waals surface area contributed by atoms with Crippen LogP contribution in [0.5, 0.6) is 0 Å². The van der Waals surface area contributed by atoms with E-state index in [0.717, 1.165) is 24.8 Å². The summed E-state index contributed by atoms with van der Waals surface area (Å²) in [7, 11) is 0. The van der Waals surface area contributed by atoms with E-state index >= 15 is 0 Å². The topological polar surface area (TPSA) is 43.2 Å². The van der Waals surface area contributed by atoms with E-state index in [0.29, 0.717) is 12.0 Å². The van der Waals surface area contributed by atoms with E-state index in [-0.39, 0.29) is 0 Å². The summed E-state index contributed by atoms with van der Waals surface area (Å²) in [6.45, 7) is 2.83. The minimum atomic E-state index is 0.458. The Balaban J connectivity index is 1.58. The molecule has 0 amide bonds. The first kappa shape index (κ1) is 12.7. The number of benzene rings is 1. The van der Waals surface area contributed by atoms with Crippen LogP contribution in [0.1, 0.15) is 6.42 Å². The molecule has 3 heterocycles. The van der Waals surface area contributed by atoms with E-state index in [1.807, 2.05) is 17.2 Å². The molecule has 0 aliphatic carbocycles. The molecule has 0 bridgehead atoms. The smallest absolute Gasteiger partial charge is 0.186 e. The Morgan fingerprint density at radius 3 is 2.90 bits per heavy atom. The van der Waals surface area contributed by atoms with Crippen molar-refractivity contribution >= 4 is 16.5 Å². The van der Waals surface area contributed by atoms with Gasteiger partial charge in [-0.25, -0.2) is 4.98 Å². The van der Waals surface area contributed by atoms with Crippen molar-refractivity contribution in [2.45, 2.75) is 12.5 Å². The number of rotatable bonds is 2. The first-order valence-electron chi connectivity index (χ1n) is 7.28. The van der Waals surface area contributed by atoms with Crippen molar-refractivity contribution in [2.75, 3.05) is 24.5 Å². The molecule has 0 unspecified atom stereocenters. The van der Waals surface area contributed by atoms with Gasteiger partial charge in [0.25, 0.3) is 0 Å². The molecule has 5 heteroatoms. The number of anilines is 1.